The molecule has 0 saturated carbocycles. The Morgan fingerprint density at radius 1 is 1.23 bits per heavy atom. The monoisotopic (exact) mass is 306 g/mol. The van der Waals surface area contributed by atoms with E-state index in [-0.39, 0.29) is 11.5 Å². The number of nitrogens with one attached hydrogen (secondary N) is 1. The van der Waals surface area contributed by atoms with Gasteiger partial charge in [0.25, 0.3) is 0 Å². The van der Waals surface area contributed by atoms with Crippen LogP contribution in [0.25, 0.3) is 11.3 Å². The number of halogens is 2. The molecule has 114 valence electrons. The van der Waals surface area contributed by atoms with E-state index in [1.807, 2.05) is 0 Å². The average Bonchev–Trinajstić information content (AvgIpc) is 2.50. The second-order valence-electron chi connectivity index (χ2n) is 4.01. The Bertz CT molecular complexity index is 672. The van der Waals surface area contributed by atoms with Crippen molar-refractivity contribution in [1.29, 1.82) is 5.26 Å². The van der Waals surface area contributed by atoms with E-state index in [2.05, 4.69) is 20.3 Å². The number of nitriles is 1. The highest BCUT2D eigenvalue weighted by atomic mass is 19.3. The van der Waals surface area contributed by atoms with Gasteiger partial charge in [-0.1, -0.05) is 0 Å². The number of hydrogen-bond donors (Lipinski definition) is 1. The van der Waals surface area contributed by atoms with Crippen LogP contribution >= 0.6 is 0 Å². The van der Waals surface area contributed by atoms with Crippen molar-refractivity contribution in [1.82, 2.24) is 10.2 Å². The summed E-state index contributed by atoms with van der Waals surface area (Å²) < 4.78 is 34.6. The summed E-state index contributed by atoms with van der Waals surface area (Å²) in [5, 5.41) is 18.5. The summed E-state index contributed by atoms with van der Waals surface area (Å²) in [5.41, 5.74) is 0.987. The molecule has 0 aliphatic carbocycles. The smallest absolute Gasteiger partial charge is 0.387 e. The molecule has 0 atom stereocenters. The highest BCUT2D eigenvalue weighted by molar-refractivity contribution is 5.64. The minimum absolute atomic E-state index is 0.0737. The van der Waals surface area contributed by atoms with E-state index in [9.17, 15) is 8.78 Å². The number of aromatic nitrogens is 2. The molecule has 0 aliphatic heterocycles. The maximum atomic E-state index is 12.5. The van der Waals surface area contributed by atoms with E-state index in [0.717, 1.165) is 0 Å². The molecule has 0 fully saturated rings. The van der Waals surface area contributed by atoms with Crippen LogP contribution in [0, 0.1) is 11.5 Å². The largest absolute Gasteiger partial charge is 0.490 e. The fourth-order valence-corrected chi connectivity index (χ4v) is 1.74. The zero-order valence-corrected chi connectivity index (χ0v) is 11.6. The minimum atomic E-state index is -2.96. The van der Waals surface area contributed by atoms with Gasteiger partial charge < -0.3 is 9.47 Å². The summed E-state index contributed by atoms with van der Waals surface area (Å²) in [5.74, 6) is 0.443. The number of nitrogens with zero attached hydrogens (tertiary/aromatic N) is 3. The molecule has 8 heteroatoms. The van der Waals surface area contributed by atoms with Crippen LogP contribution in [-0.4, -0.2) is 23.4 Å². The lowest BCUT2D eigenvalue weighted by atomic mass is 10.1. The lowest BCUT2D eigenvalue weighted by Gasteiger charge is -2.12. The van der Waals surface area contributed by atoms with Gasteiger partial charge in [0.15, 0.2) is 23.5 Å². The first kappa shape index (κ1) is 15.4. The van der Waals surface area contributed by atoms with Crippen molar-refractivity contribution in [2.75, 3.05) is 11.9 Å². The SMILES string of the molecule is CCOc1ccc(-c2ccc(NC#N)nn2)cc1OC(F)F. The van der Waals surface area contributed by atoms with Gasteiger partial charge in [0, 0.05) is 5.56 Å². The fraction of sp³-hybridized carbons (Fsp3) is 0.214. The second kappa shape index (κ2) is 7.17. The van der Waals surface area contributed by atoms with Gasteiger partial charge in [-0.3, -0.25) is 5.32 Å². The average molecular weight is 306 g/mol. The van der Waals surface area contributed by atoms with Gasteiger partial charge in [-0.05, 0) is 37.3 Å². The Hall–Kier alpha value is -2.95. The van der Waals surface area contributed by atoms with E-state index in [1.54, 1.807) is 31.3 Å². The summed E-state index contributed by atoms with van der Waals surface area (Å²) in [6.07, 6.45) is 1.72. The molecular weight excluding hydrogens is 294 g/mol. The summed E-state index contributed by atoms with van der Waals surface area (Å²) in [6.45, 7) is -0.887. The minimum Gasteiger partial charge on any atom is -0.490 e. The van der Waals surface area contributed by atoms with Crippen LogP contribution in [0.3, 0.4) is 0 Å². The maximum absolute atomic E-state index is 12.5. The van der Waals surface area contributed by atoms with Gasteiger partial charge in [0.05, 0.1) is 12.3 Å². The van der Waals surface area contributed by atoms with Gasteiger partial charge in [0.2, 0.25) is 0 Å². The molecular formula is C14H12F2N4O2. The molecule has 0 amide bonds. The van der Waals surface area contributed by atoms with Gasteiger partial charge >= 0.3 is 6.61 Å². The molecule has 2 aromatic rings. The highest BCUT2D eigenvalue weighted by Gasteiger charge is 2.13. The number of ether oxygens (including phenoxy) is 2. The first-order valence-corrected chi connectivity index (χ1v) is 6.35. The molecule has 1 aromatic heterocycles. The van der Waals surface area contributed by atoms with E-state index in [1.165, 1.54) is 12.1 Å². The first-order chi connectivity index (χ1) is 10.6. The number of hydrogen-bond acceptors (Lipinski definition) is 6. The molecule has 6 nitrogen and oxygen atoms in total. The summed E-state index contributed by atoms with van der Waals surface area (Å²) >= 11 is 0. The predicted octanol–water partition coefficient (Wildman–Crippen LogP) is 3.04. The fourth-order valence-electron chi connectivity index (χ4n) is 1.74. The van der Waals surface area contributed by atoms with Crippen LogP contribution in [0.15, 0.2) is 30.3 Å². The molecule has 0 unspecified atom stereocenters. The molecule has 0 spiro atoms. The Kier molecular flexibility index (Phi) is 5.03. The summed E-state index contributed by atoms with van der Waals surface area (Å²) in [6, 6.07) is 7.74. The highest BCUT2D eigenvalue weighted by Crippen LogP contribution is 2.33. The third-order valence-electron chi connectivity index (χ3n) is 2.60. The van der Waals surface area contributed by atoms with Crippen molar-refractivity contribution in [3.05, 3.63) is 30.3 Å². The molecule has 0 saturated heterocycles. The lowest BCUT2D eigenvalue weighted by Crippen LogP contribution is -2.05. The number of anilines is 1. The van der Waals surface area contributed by atoms with Gasteiger partial charge in [-0.15, -0.1) is 10.2 Å². The van der Waals surface area contributed by atoms with E-state index >= 15 is 0 Å². The van der Waals surface area contributed by atoms with Gasteiger partial charge in [-0.2, -0.15) is 14.0 Å². The van der Waals surface area contributed by atoms with Crippen molar-refractivity contribution in [2.45, 2.75) is 13.5 Å². The van der Waals surface area contributed by atoms with Crippen molar-refractivity contribution in [3.63, 3.8) is 0 Å². The van der Waals surface area contributed by atoms with Crippen molar-refractivity contribution in [3.8, 4) is 28.9 Å². The van der Waals surface area contributed by atoms with Crippen LogP contribution in [0.4, 0.5) is 14.6 Å². The molecule has 0 bridgehead atoms. The number of rotatable bonds is 6. The molecule has 1 aromatic carbocycles. The summed E-state index contributed by atoms with van der Waals surface area (Å²) in [7, 11) is 0. The molecule has 0 radical (unpaired) electrons. The molecule has 1 N–H and O–H groups in total. The Balaban J connectivity index is 2.32. The Morgan fingerprint density at radius 3 is 2.64 bits per heavy atom. The third-order valence-corrected chi connectivity index (χ3v) is 2.60. The van der Waals surface area contributed by atoms with Gasteiger partial charge in [0.1, 0.15) is 0 Å². The van der Waals surface area contributed by atoms with Crippen LogP contribution in [0.2, 0.25) is 0 Å². The standard InChI is InChI=1S/C14H12F2N4O2/c1-2-21-11-5-3-9(7-12(11)22-14(15)16)10-4-6-13(18-8-17)20-19-10/h3-7,14H,2H2,1H3,(H,18,20). The van der Waals surface area contributed by atoms with E-state index in [0.29, 0.717) is 23.7 Å². The van der Waals surface area contributed by atoms with Crippen LogP contribution in [0.1, 0.15) is 6.92 Å². The second-order valence-corrected chi connectivity index (χ2v) is 4.01. The van der Waals surface area contributed by atoms with E-state index in [4.69, 9.17) is 10.00 Å². The quantitative estimate of drug-likeness (QED) is 0.652. The Labute approximate surface area is 125 Å². The maximum Gasteiger partial charge on any atom is 0.387 e. The van der Waals surface area contributed by atoms with Crippen molar-refractivity contribution >= 4 is 5.82 Å². The summed E-state index contributed by atoms with van der Waals surface area (Å²) in [4.78, 5) is 0. The first-order valence-electron chi connectivity index (χ1n) is 6.35. The number of benzene rings is 1. The molecule has 1 heterocycles. The zero-order valence-electron chi connectivity index (χ0n) is 11.6. The molecule has 0 aliphatic rings. The Morgan fingerprint density at radius 2 is 2.05 bits per heavy atom. The number of alkyl halides is 2. The predicted molar refractivity (Wildman–Crippen MR) is 74.5 cm³/mol. The van der Waals surface area contributed by atoms with Crippen molar-refractivity contribution < 1.29 is 18.3 Å². The topological polar surface area (TPSA) is 80.1 Å². The van der Waals surface area contributed by atoms with Crippen LogP contribution in [-0.2, 0) is 0 Å². The molecule has 22 heavy (non-hydrogen) atoms. The van der Waals surface area contributed by atoms with Crippen LogP contribution in [0.5, 0.6) is 11.5 Å². The van der Waals surface area contributed by atoms with E-state index < -0.39 is 6.61 Å². The van der Waals surface area contributed by atoms with Crippen LogP contribution < -0.4 is 14.8 Å². The van der Waals surface area contributed by atoms with Crippen molar-refractivity contribution in [2.24, 2.45) is 0 Å². The van der Waals surface area contributed by atoms with Gasteiger partial charge in [-0.25, -0.2) is 0 Å². The lowest BCUT2D eigenvalue weighted by molar-refractivity contribution is -0.0514. The zero-order chi connectivity index (χ0) is 15.9. The third kappa shape index (κ3) is 3.79. The molecule has 2 rings (SSSR count). The normalized spacial score (nSPS) is 10.1.